The van der Waals surface area contributed by atoms with Gasteiger partial charge in [0.05, 0.1) is 5.60 Å². The zero-order chi connectivity index (χ0) is 16.0. The van der Waals surface area contributed by atoms with E-state index in [0.29, 0.717) is 12.1 Å². The van der Waals surface area contributed by atoms with E-state index in [4.69, 9.17) is 4.74 Å². The minimum absolute atomic E-state index is 0.191. The largest absolute Gasteiger partial charge is 0.488 e. The predicted octanol–water partition coefficient (Wildman–Crippen LogP) is 3.70. The third-order valence-electron chi connectivity index (χ3n) is 5.19. The Morgan fingerprint density at radius 3 is 2.14 bits per heavy atom. The maximum absolute atomic E-state index is 11.2. The zero-order valence-electron chi connectivity index (χ0n) is 14.3. The van der Waals surface area contributed by atoms with E-state index >= 15 is 0 Å². The highest BCUT2D eigenvalue weighted by molar-refractivity contribution is 5.32. The monoisotopic (exact) mass is 303 g/mol. The minimum Gasteiger partial charge on any atom is -0.488 e. The number of fused-ring (bicyclic) bond motifs is 2. The summed E-state index contributed by atoms with van der Waals surface area (Å²) in [7, 11) is 2.22. The summed E-state index contributed by atoms with van der Waals surface area (Å²) in [5, 5.41) is 11.2. The van der Waals surface area contributed by atoms with E-state index in [9.17, 15) is 5.11 Å². The number of benzene rings is 1. The Morgan fingerprint density at radius 1 is 1.09 bits per heavy atom. The Bertz CT molecular complexity index is 503. The number of ether oxygens (including phenoxy) is 1. The highest BCUT2D eigenvalue weighted by Gasteiger charge is 2.44. The first-order chi connectivity index (χ1) is 10.3. The normalized spacial score (nSPS) is 32.8. The van der Waals surface area contributed by atoms with Crippen LogP contribution in [0.15, 0.2) is 24.3 Å². The lowest BCUT2D eigenvalue weighted by Gasteiger charge is -2.50. The lowest BCUT2D eigenvalue weighted by molar-refractivity contribution is -0.0874. The number of hydrogen-bond donors (Lipinski definition) is 1. The van der Waals surface area contributed by atoms with Crippen molar-refractivity contribution < 1.29 is 9.84 Å². The van der Waals surface area contributed by atoms with Gasteiger partial charge in [-0.2, -0.15) is 0 Å². The van der Waals surface area contributed by atoms with Gasteiger partial charge >= 0.3 is 0 Å². The molecule has 1 aromatic rings. The summed E-state index contributed by atoms with van der Waals surface area (Å²) in [5.41, 5.74) is 0.171. The fourth-order valence-electron chi connectivity index (χ4n) is 4.07. The van der Waals surface area contributed by atoms with Crippen molar-refractivity contribution in [1.29, 1.82) is 0 Å². The molecule has 122 valence electrons. The Morgan fingerprint density at radius 2 is 1.64 bits per heavy atom. The lowest BCUT2D eigenvalue weighted by atomic mass is 9.73. The summed E-state index contributed by atoms with van der Waals surface area (Å²) in [6.45, 7) is 6.14. The van der Waals surface area contributed by atoms with Crippen LogP contribution in [-0.4, -0.2) is 34.7 Å². The second-order valence-corrected chi connectivity index (χ2v) is 8.08. The van der Waals surface area contributed by atoms with Crippen molar-refractivity contribution in [2.24, 2.45) is 0 Å². The third kappa shape index (κ3) is 3.16. The highest BCUT2D eigenvalue weighted by Crippen LogP contribution is 2.43. The van der Waals surface area contributed by atoms with E-state index in [1.54, 1.807) is 0 Å². The summed E-state index contributed by atoms with van der Waals surface area (Å²) in [5.74, 6) is 0.868. The Hall–Kier alpha value is -1.06. The van der Waals surface area contributed by atoms with Gasteiger partial charge in [0.2, 0.25) is 0 Å². The number of aliphatic hydroxyl groups is 1. The van der Waals surface area contributed by atoms with Gasteiger partial charge in [0.25, 0.3) is 0 Å². The molecule has 0 radical (unpaired) electrons. The van der Waals surface area contributed by atoms with Crippen molar-refractivity contribution in [3.63, 3.8) is 0 Å². The van der Waals surface area contributed by atoms with Gasteiger partial charge in [0, 0.05) is 12.1 Å². The molecule has 0 saturated carbocycles. The maximum atomic E-state index is 11.2. The van der Waals surface area contributed by atoms with Crippen LogP contribution >= 0.6 is 0 Å². The molecule has 3 heteroatoms. The van der Waals surface area contributed by atoms with Gasteiger partial charge in [-0.15, -0.1) is 0 Å². The van der Waals surface area contributed by atoms with Gasteiger partial charge in [-0.3, -0.25) is 0 Å². The maximum Gasteiger partial charge on any atom is 0.120 e. The molecule has 0 aromatic heterocycles. The summed E-state index contributed by atoms with van der Waals surface area (Å²) < 4.78 is 5.88. The SMILES string of the molecule is CN1C2CCCC1CC(O)(c1ccc(OC(C)(C)C)cc1)C2. The molecular formula is C19H29NO2. The molecule has 0 aliphatic carbocycles. The first kappa shape index (κ1) is 15.8. The van der Waals surface area contributed by atoms with E-state index in [1.165, 1.54) is 19.3 Å². The molecule has 3 rings (SSSR count). The van der Waals surface area contributed by atoms with Gasteiger partial charge in [0.15, 0.2) is 0 Å². The molecule has 2 bridgehead atoms. The van der Waals surface area contributed by atoms with Gasteiger partial charge in [-0.05, 0) is 71.2 Å². The topological polar surface area (TPSA) is 32.7 Å². The average molecular weight is 303 g/mol. The molecule has 2 atom stereocenters. The van der Waals surface area contributed by atoms with Gasteiger partial charge in [-0.25, -0.2) is 0 Å². The molecule has 2 aliphatic rings. The summed E-state index contributed by atoms with van der Waals surface area (Å²) in [6.07, 6.45) is 5.41. The summed E-state index contributed by atoms with van der Waals surface area (Å²) in [4.78, 5) is 2.48. The van der Waals surface area contributed by atoms with Crippen molar-refractivity contribution in [2.45, 2.75) is 76.2 Å². The van der Waals surface area contributed by atoms with Crippen molar-refractivity contribution in [2.75, 3.05) is 7.05 Å². The van der Waals surface area contributed by atoms with Crippen molar-refractivity contribution in [3.05, 3.63) is 29.8 Å². The molecule has 2 heterocycles. The fraction of sp³-hybridized carbons (Fsp3) is 0.684. The Balaban J connectivity index is 1.78. The van der Waals surface area contributed by atoms with E-state index in [1.807, 2.05) is 45.0 Å². The first-order valence-corrected chi connectivity index (χ1v) is 8.51. The molecule has 2 fully saturated rings. The standard InChI is InChI=1S/C19H29NO2/c1-18(2,3)22-17-10-8-14(9-11-17)19(21)12-15-6-5-7-16(13-19)20(15)4/h8-11,15-16,21H,5-7,12-13H2,1-4H3. The van der Waals surface area contributed by atoms with Crippen LogP contribution in [0.25, 0.3) is 0 Å². The van der Waals surface area contributed by atoms with Gasteiger partial charge in [0.1, 0.15) is 11.4 Å². The van der Waals surface area contributed by atoms with Crippen LogP contribution in [0.3, 0.4) is 0 Å². The Labute approximate surface area is 134 Å². The third-order valence-corrected chi connectivity index (χ3v) is 5.19. The van der Waals surface area contributed by atoms with E-state index in [2.05, 4.69) is 11.9 Å². The molecule has 0 spiro atoms. The molecule has 0 amide bonds. The van der Waals surface area contributed by atoms with Crippen LogP contribution in [-0.2, 0) is 5.60 Å². The Kier molecular flexibility index (Phi) is 3.98. The van der Waals surface area contributed by atoms with E-state index in [0.717, 1.165) is 24.2 Å². The molecule has 2 unspecified atom stereocenters. The first-order valence-electron chi connectivity index (χ1n) is 8.51. The summed E-state index contributed by atoms with van der Waals surface area (Å²) >= 11 is 0. The van der Waals surface area contributed by atoms with Gasteiger partial charge < -0.3 is 14.7 Å². The molecule has 3 nitrogen and oxygen atoms in total. The van der Waals surface area contributed by atoms with Crippen LogP contribution < -0.4 is 4.74 Å². The zero-order valence-corrected chi connectivity index (χ0v) is 14.3. The van der Waals surface area contributed by atoms with Crippen molar-refractivity contribution in [1.82, 2.24) is 4.90 Å². The second kappa shape index (κ2) is 5.54. The highest BCUT2D eigenvalue weighted by atomic mass is 16.5. The number of nitrogens with zero attached hydrogens (tertiary/aromatic N) is 1. The van der Waals surface area contributed by atoms with Crippen LogP contribution in [0.5, 0.6) is 5.75 Å². The van der Waals surface area contributed by atoms with E-state index < -0.39 is 5.60 Å². The van der Waals surface area contributed by atoms with Crippen molar-refractivity contribution in [3.8, 4) is 5.75 Å². The second-order valence-electron chi connectivity index (χ2n) is 8.08. The summed E-state index contributed by atoms with van der Waals surface area (Å²) in [6, 6.07) is 9.11. The molecular weight excluding hydrogens is 274 g/mol. The van der Waals surface area contributed by atoms with Crippen molar-refractivity contribution >= 4 is 0 Å². The van der Waals surface area contributed by atoms with E-state index in [-0.39, 0.29) is 5.60 Å². The van der Waals surface area contributed by atoms with Crippen LogP contribution in [0, 0.1) is 0 Å². The number of rotatable bonds is 2. The van der Waals surface area contributed by atoms with Gasteiger partial charge in [-0.1, -0.05) is 18.6 Å². The lowest BCUT2D eigenvalue weighted by Crippen LogP contribution is -2.55. The predicted molar refractivity (Wildman–Crippen MR) is 89.1 cm³/mol. The van der Waals surface area contributed by atoms with Crippen LogP contribution in [0.1, 0.15) is 58.4 Å². The van der Waals surface area contributed by atoms with Crippen LogP contribution in [0.4, 0.5) is 0 Å². The number of piperidine rings is 2. The average Bonchev–Trinajstić information content (AvgIpc) is 2.40. The minimum atomic E-state index is -0.678. The fourth-order valence-corrected chi connectivity index (χ4v) is 4.07. The number of hydrogen-bond acceptors (Lipinski definition) is 3. The quantitative estimate of drug-likeness (QED) is 0.904. The molecule has 2 aliphatic heterocycles. The van der Waals surface area contributed by atoms with Crippen LogP contribution in [0.2, 0.25) is 0 Å². The molecule has 22 heavy (non-hydrogen) atoms. The molecule has 2 saturated heterocycles. The smallest absolute Gasteiger partial charge is 0.120 e. The molecule has 1 aromatic carbocycles. The molecule has 1 N–H and O–H groups in total.